The van der Waals surface area contributed by atoms with Gasteiger partial charge in [0.2, 0.25) is 0 Å². The van der Waals surface area contributed by atoms with E-state index in [2.05, 4.69) is 10.2 Å². The zero-order valence-electron chi connectivity index (χ0n) is 22.7. The first kappa shape index (κ1) is 28.2. The Morgan fingerprint density at radius 2 is 1.78 bits per heavy atom. The molecule has 212 valence electrons. The van der Waals surface area contributed by atoms with Crippen molar-refractivity contribution in [1.82, 2.24) is 4.90 Å². The van der Waals surface area contributed by atoms with Gasteiger partial charge in [-0.05, 0) is 72.9 Å². The summed E-state index contributed by atoms with van der Waals surface area (Å²) < 4.78 is 49.7. The average Bonchev–Trinajstić information content (AvgIpc) is 3.32. The largest absolute Gasteiger partial charge is 0.468 e. The first-order valence-corrected chi connectivity index (χ1v) is 13.3. The van der Waals surface area contributed by atoms with Crippen LogP contribution in [-0.4, -0.2) is 29.9 Å². The van der Waals surface area contributed by atoms with E-state index >= 15 is 0 Å². The summed E-state index contributed by atoms with van der Waals surface area (Å²) in [5.41, 5.74) is 4.84. The molecular weight excluding hydrogens is 533 g/mol. The molecule has 6 nitrogen and oxygen atoms in total. The molecule has 5 rings (SSSR count). The molecular formula is C32H29F3N2O4. The van der Waals surface area contributed by atoms with E-state index in [1.165, 1.54) is 12.1 Å². The zero-order chi connectivity index (χ0) is 29.1. The fraction of sp³-hybridized carbons (Fsp3) is 0.250. The van der Waals surface area contributed by atoms with Crippen molar-refractivity contribution >= 4 is 17.6 Å². The number of halogens is 3. The summed E-state index contributed by atoms with van der Waals surface area (Å²) in [6.07, 6.45) is -2.06. The van der Waals surface area contributed by atoms with Gasteiger partial charge in [0.15, 0.2) is 0 Å². The maximum absolute atomic E-state index is 13.2. The molecule has 0 saturated heterocycles. The summed E-state index contributed by atoms with van der Waals surface area (Å²) in [4.78, 5) is 27.9. The maximum atomic E-state index is 13.2. The number of ether oxygens (including phenoxy) is 1. The molecule has 1 aromatic heterocycles. The molecule has 41 heavy (non-hydrogen) atoms. The number of furan rings is 1. The van der Waals surface area contributed by atoms with Gasteiger partial charge in [0.05, 0.1) is 18.4 Å². The van der Waals surface area contributed by atoms with Crippen LogP contribution in [0, 0.1) is 6.92 Å². The molecule has 3 aromatic carbocycles. The predicted octanol–water partition coefficient (Wildman–Crippen LogP) is 7.26. The summed E-state index contributed by atoms with van der Waals surface area (Å²) >= 11 is 0. The third-order valence-electron chi connectivity index (χ3n) is 7.18. The van der Waals surface area contributed by atoms with Crippen molar-refractivity contribution < 1.29 is 31.9 Å². The van der Waals surface area contributed by atoms with Gasteiger partial charge in [-0.2, -0.15) is 13.2 Å². The van der Waals surface area contributed by atoms with Crippen LogP contribution in [0.25, 0.3) is 11.1 Å². The third-order valence-corrected chi connectivity index (χ3v) is 7.18. The first-order valence-electron chi connectivity index (χ1n) is 13.3. The number of aryl methyl sites for hydroxylation is 1. The monoisotopic (exact) mass is 562 g/mol. The number of esters is 1. The van der Waals surface area contributed by atoms with E-state index in [0.717, 1.165) is 41.8 Å². The number of hydrogen-bond acceptors (Lipinski definition) is 5. The molecule has 0 unspecified atom stereocenters. The van der Waals surface area contributed by atoms with Gasteiger partial charge in [-0.3, -0.25) is 9.69 Å². The van der Waals surface area contributed by atoms with Crippen LogP contribution in [0.1, 0.15) is 55.7 Å². The molecule has 0 saturated carbocycles. The highest BCUT2D eigenvalue weighted by Gasteiger charge is 2.30. The number of nitrogens with one attached hydrogen (secondary N) is 1. The Balaban J connectivity index is 1.28. The highest BCUT2D eigenvalue weighted by Crippen LogP contribution is 2.32. The number of carbonyl (C=O) groups is 2. The highest BCUT2D eigenvalue weighted by molar-refractivity contribution is 6.08. The molecule has 0 aliphatic carbocycles. The van der Waals surface area contributed by atoms with E-state index in [0.29, 0.717) is 53.4 Å². The number of rotatable bonds is 7. The fourth-order valence-corrected chi connectivity index (χ4v) is 5.13. The molecule has 1 amide bonds. The van der Waals surface area contributed by atoms with Crippen LogP contribution in [0.5, 0.6) is 0 Å². The number of alkyl halides is 3. The van der Waals surface area contributed by atoms with E-state index in [4.69, 9.17) is 9.15 Å². The van der Waals surface area contributed by atoms with Crippen LogP contribution < -0.4 is 5.32 Å². The molecule has 0 fully saturated rings. The fourth-order valence-electron chi connectivity index (χ4n) is 5.13. The van der Waals surface area contributed by atoms with E-state index < -0.39 is 11.7 Å². The lowest BCUT2D eigenvalue weighted by atomic mass is 9.97. The summed E-state index contributed by atoms with van der Waals surface area (Å²) in [6, 6.07) is 17.4. The topological polar surface area (TPSA) is 71.8 Å². The minimum Gasteiger partial charge on any atom is -0.468 e. The van der Waals surface area contributed by atoms with Crippen molar-refractivity contribution in [2.75, 3.05) is 18.5 Å². The second-order valence-electron chi connectivity index (χ2n) is 9.93. The lowest BCUT2D eigenvalue weighted by molar-refractivity contribution is -0.137. The van der Waals surface area contributed by atoms with Crippen molar-refractivity contribution in [1.29, 1.82) is 0 Å². The number of nitrogens with zero attached hydrogens (tertiary/aromatic N) is 1. The Labute approximate surface area is 235 Å². The Bertz CT molecular complexity index is 1570. The second kappa shape index (κ2) is 11.6. The number of fused-ring (bicyclic) bond motifs is 1. The Morgan fingerprint density at radius 1 is 1.02 bits per heavy atom. The van der Waals surface area contributed by atoms with Crippen LogP contribution in [0.3, 0.4) is 0 Å². The van der Waals surface area contributed by atoms with Crippen molar-refractivity contribution in [3.63, 3.8) is 0 Å². The van der Waals surface area contributed by atoms with E-state index in [1.807, 2.05) is 18.2 Å². The number of carbonyl (C=O) groups excluding carboxylic acids is 2. The molecule has 0 spiro atoms. The quantitative estimate of drug-likeness (QED) is 0.240. The van der Waals surface area contributed by atoms with Crippen molar-refractivity contribution in [2.24, 2.45) is 0 Å². The van der Waals surface area contributed by atoms with E-state index in [-0.39, 0.29) is 11.9 Å². The molecule has 0 bridgehead atoms. The lowest BCUT2D eigenvalue weighted by Crippen LogP contribution is -2.30. The van der Waals surface area contributed by atoms with E-state index in [9.17, 15) is 22.8 Å². The Hall–Kier alpha value is -4.37. The van der Waals surface area contributed by atoms with Crippen molar-refractivity contribution in [3.05, 3.63) is 112 Å². The maximum Gasteiger partial charge on any atom is 0.416 e. The number of amides is 1. The molecule has 9 heteroatoms. The third kappa shape index (κ3) is 6.20. The van der Waals surface area contributed by atoms with Gasteiger partial charge in [-0.1, -0.05) is 36.4 Å². The molecule has 4 aromatic rings. The minimum atomic E-state index is -4.43. The first-order chi connectivity index (χ1) is 19.6. The molecule has 1 aliphatic heterocycles. The minimum absolute atomic E-state index is 0.291. The van der Waals surface area contributed by atoms with Crippen LogP contribution in [0.2, 0.25) is 0 Å². The van der Waals surface area contributed by atoms with Crippen LogP contribution in [0.15, 0.2) is 77.4 Å². The van der Waals surface area contributed by atoms with Crippen molar-refractivity contribution in [3.8, 4) is 11.1 Å². The number of anilines is 1. The second-order valence-corrected chi connectivity index (χ2v) is 9.93. The highest BCUT2D eigenvalue weighted by atomic mass is 19.4. The van der Waals surface area contributed by atoms with Gasteiger partial charge in [-0.25, -0.2) is 4.79 Å². The zero-order valence-corrected chi connectivity index (χ0v) is 22.7. The number of benzene rings is 3. The smallest absolute Gasteiger partial charge is 0.416 e. The molecule has 1 aliphatic rings. The molecule has 0 atom stereocenters. The van der Waals surface area contributed by atoms with Gasteiger partial charge in [0.1, 0.15) is 11.3 Å². The van der Waals surface area contributed by atoms with Gasteiger partial charge < -0.3 is 14.5 Å². The van der Waals surface area contributed by atoms with Gasteiger partial charge in [0, 0.05) is 36.4 Å². The molecule has 1 N–H and O–H groups in total. The van der Waals surface area contributed by atoms with Gasteiger partial charge >= 0.3 is 12.1 Å². The van der Waals surface area contributed by atoms with Crippen molar-refractivity contribution in [2.45, 2.75) is 39.5 Å². The standard InChI is InChI=1S/C32H29F3N2O4/c1-3-40-31(39)29-20(2)41-19-24(29)18-37-15-14-22-16-26(13-10-23(22)17-37)36-30(38)28-7-5-4-6-27(28)21-8-11-25(12-9-21)32(33,34)35/h4-13,16,19H,3,14-15,17-18H2,1-2H3,(H,36,38). The van der Waals surface area contributed by atoms with Crippen LogP contribution >= 0.6 is 0 Å². The summed E-state index contributed by atoms with van der Waals surface area (Å²) in [5.74, 6) is -0.192. The molecule has 2 heterocycles. The Kier molecular flexibility index (Phi) is 7.99. The molecule has 0 radical (unpaired) electrons. The van der Waals surface area contributed by atoms with Gasteiger partial charge in [0.25, 0.3) is 5.91 Å². The average molecular weight is 563 g/mol. The number of hydrogen-bond donors (Lipinski definition) is 1. The van der Waals surface area contributed by atoms with E-state index in [1.54, 1.807) is 44.4 Å². The lowest BCUT2D eigenvalue weighted by Gasteiger charge is -2.29. The van der Waals surface area contributed by atoms with Gasteiger partial charge in [-0.15, -0.1) is 0 Å². The van der Waals surface area contributed by atoms with Crippen LogP contribution in [-0.2, 0) is 30.4 Å². The summed E-state index contributed by atoms with van der Waals surface area (Å²) in [5, 5.41) is 2.94. The SMILES string of the molecule is CCOC(=O)c1c(CN2CCc3cc(NC(=O)c4ccccc4-c4ccc(C(F)(F)F)cc4)ccc3C2)coc1C. The Morgan fingerprint density at radius 3 is 2.51 bits per heavy atom. The summed E-state index contributed by atoms with van der Waals surface area (Å²) in [7, 11) is 0. The predicted molar refractivity (Wildman–Crippen MR) is 148 cm³/mol. The summed E-state index contributed by atoms with van der Waals surface area (Å²) in [6.45, 7) is 5.78. The van der Waals surface area contributed by atoms with Crippen LogP contribution in [0.4, 0.5) is 18.9 Å². The normalized spacial score (nSPS) is 13.5.